The number of hydrogen-bond acceptors (Lipinski definition) is 6. The van der Waals surface area contributed by atoms with E-state index in [1.54, 1.807) is 25.1 Å². The zero-order valence-corrected chi connectivity index (χ0v) is 17.6. The Morgan fingerprint density at radius 2 is 1.83 bits per heavy atom. The third-order valence-electron chi connectivity index (χ3n) is 4.82. The molecule has 2 aromatic carbocycles. The van der Waals surface area contributed by atoms with Crippen LogP contribution in [0.25, 0.3) is 11.0 Å². The summed E-state index contributed by atoms with van der Waals surface area (Å²) in [6, 6.07) is 12.4. The molecule has 0 saturated heterocycles. The maximum atomic E-state index is 12.8. The summed E-state index contributed by atoms with van der Waals surface area (Å²) in [5, 5.41) is 0.365. The number of para-hydroxylation sites is 1. The molecular weight excluding hydrogens is 384 g/mol. The topological polar surface area (TPSA) is 75.0 Å². The van der Waals surface area contributed by atoms with Crippen molar-refractivity contribution in [1.82, 2.24) is 0 Å². The average molecular weight is 410 g/mol. The minimum absolute atomic E-state index is 0.113. The Labute approximate surface area is 175 Å². The third-order valence-corrected chi connectivity index (χ3v) is 4.82. The Bertz CT molecular complexity index is 1080. The van der Waals surface area contributed by atoms with Gasteiger partial charge in [0.25, 0.3) is 0 Å². The lowest BCUT2D eigenvalue weighted by atomic mass is 10.1. The molecule has 0 amide bonds. The van der Waals surface area contributed by atoms with Gasteiger partial charge in [0.2, 0.25) is 11.2 Å². The van der Waals surface area contributed by atoms with E-state index in [4.69, 9.17) is 18.6 Å². The number of ether oxygens (including phenoxy) is 3. The SMILES string of the molecule is CCc1ccccc1Oc1coc2cc(O[C@@H](C)C(=O)O[C@@H](C)CC)ccc2c1=O. The van der Waals surface area contributed by atoms with Crippen LogP contribution in [-0.2, 0) is 16.0 Å². The van der Waals surface area contributed by atoms with Gasteiger partial charge in [-0.2, -0.15) is 0 Å². The van der Waals surface area contributed by atoms with E-state index in [0.29, 0.717) is 22.5 Å². The van der Waals surface area contributed by atoms with E-state index in [1.165, 1.54) is 6.26 Å². The highest BCUT2D eigenvalue weighted by molar-refractivity contribution is 5.79. The van der Waals surface area contributed by atoms with Gasteiger partial charge in [0.15, 0.2) is 6.10 Å². The number of esters is 1. The average Bonchev–Trinajstić information content (AvgIpc) is 2.75. The molecule has 0 spiro atoms. The van der Waals surface area contributed by atoms with Crippen molar-refractivity contribution in [3.05, 3.63) is 64.5 Å². The number of carbonyl (C=O) groups is 1. The lowest BCUT2D eigenvalue weighted by molar-refractivity contribution is -0.155. The summed E-state index contributed by atoms with van der Waals surface area (Å²) in [6.45, 7) is 7.40. The molecule has 6 nitrogen and oxygen atoms in total. The van der Waals surface area contributed by atoms with Crippen LogP contribution in [0.3, 0.4) is 0 Å². The largest absolute Gasteiger partial charge is 0.479 e. The number of fused-ring (bicyclic) bond motifs is 1. The summed E-state index contributed by atoms with van der Waals surface area (Å²) in [5.41, 5.74) is 1.06. The van der Waals surface area contributed by atoms with Crippen molar-refractivity contribution in [2.75, 3.05) is 0 Å². The molecule has 2 atom stereocenters. The van der Waals surface area contributed by atoms with Gasteiger partial charge in [0.05, 0.1) is 11.5 Å². The van der Waals surface area contributed by atoms with Crippen molar-refractivity contribution >= 4 is 16.9 Å². The molecule has 30 heavy (non-hydrogen) atoms. The number of rotatable bonds is 8. The van der Waals surface area contributed by atoms with Gasteiger partial charge in [0, 0.05) is 6.07 Å². The van der Waals surface area contributed by atoms with E-state index in [9.17, 15) is 9.59 Å². The molecule has 0 aliphatic rings. The highest BCUT2D eigenvalue weighted by atomic mass is 16.6. The van der Waals surface area contributed by atoms with Crippen molar-refractivity contribution < 1.29 is 23.4 Å². The van der Waals surface area contributed by atoms with Gasteiger partial charge in [-0.25, -0.2) is 4.79 Å². The normalized spacial score (nSPS) is 12.9. The minimum Gasteiger partial charge on any atom is -0.479 e. The van der Waals surface area contributed by atoms with Crippen molar-refractivity contribution in [1.29, 1.82) is 0 Å². The van der Waals surface area contributed by atoms with Crippen LogP contribution in [0.1, 0.15) is 39.7 Å². The van der Waals surface area contributed by atoms with Gasteiger partial charge in [-0.3, -0.25) is 4.79 Å². The summed E-state index contributed by atoms with van der Waals surface area (Å²) in [4.78, 5) is 24.9. The Hall–Kier alpha value is -3.28. The molecule has 6 heteroatoms. The maximum absolute atomic E-state index is 12.8. The quantitative estimate of drug-likeness (QED) is 0.472. The lowest BCUT2D eigenvalue weighted by Crippen LogP contribution is -2.29. The van der Waals surface area contributed by atoms with E-state index in [1.807, 2.05) is 45.0 Å². The first kappa shape index (κ1) is 21.4. The molecule has 1 heterocycles. The van der Waals surface area contributed by atoms with E-state index in [-0.39, 0.29) is 17.3 Å². The van der Waals surface area contributed by atoms with Crippen LogP contribution in [-0.4, -0.2) is 18.2 Å². The molecule has 0 bridgehead atoms. The van der Waals surface area contributed by atoms with Gasteiger partial charge < -0.3 is 18.6 Å². The van der Waals surface area contributed by atoms with Crippen LogP contribution in [0.5, 0.6) is 17.2 Å². The van der Waals surface area contributed by atoms with Crippen LogP contribution in [0, 0.1) is 0 Å². The number of aryl methyl sites for hydroxylation is 1. The molecule has 0 aliphatic carbocycles. The first-order chi connectivity index (χ1) is 14.4. The fraction of sp³-hybridized carbons (Fsp3) is 0.333. The summed E-state index contributed by atoms with van der Waals surface area (Å²) >= 11 is 0. The Morgan fingerprint density at radius 1 is 1.07 bits per heavy atom. The van der Waals surface area contributed by atoms with Crippen molar-refractivity contribution in [3.8, 4) is 17.2 Å². The lowest BCUT2D eigenvalue weighted by Gasteiger charge is -2.17. The summed E-state index contributed by atoms with van der Waals surface area (Å²) in [6.07, 6.45) is 1.85. The second kappa shape index (κ2) is 9.48. The molecule has 3 rings (SSSR count). The van der Waals surface area contributed by atoms with Gasteiger partial charge >= 0.3 is 5.97 Å². The van der Waals surface area contributed by atoms with Gasteiger partial charge in [0.1, 0.15) is 23.3 Å². The van der Waals surface area contributed by atoms with Gasteiger partial charge in [-0.05, 0) is 50.5 Å². The smallest absolute Gasteiger partial charge is 0.347 e. The van der Waals surface area contributed by atoms with Crippen LogP contribution in [0.2, 0.25) is 0 Å². The zero-order chi connectivity index (χ0) is 21.7. The Kier molecular flexibility index (Phi) is 6.77. The van der Waals surface area contributed by atoms with Crippen LogP contribution in [0.4, 0.5) is 0 Å². The second-order valence-electron chi connectivity index (χ2n) is 7.07. The van der Waals surface area contributed by atoms with Crippen LogP contribution >= 0.6 is 0 Å². The highest BCUT2D eigenvalue weighted by Crippen LogP contribution is 2.27. The molecule has 158 valence electrons. The van der Waals surface area contributed by atoms with Crippen molar-refractivity contribution in [3.63, 3.8) is 0 Å². The summed E-state index contributed by atoms with van der Waals surface area (Å²) in [5.74, 6) is 0.705. The van der Waals surface area contributed by atoms with Crippen LogP contribution in [0.15, 0.2) is 57.9 Å². The highest BCUT2D eigenvalue weighted by Gasteiger charge is 2.19. The van der Waals surface area contributed by atoms with Gasteiger partial charge in [-0.15, -0.1) is 0 Å². The summed E-state index contributed by atoms with van der Waals surface area (Å²) < 4.78 is 22.4. The molecule has 0 unspecified atom stereocenters. The van der Waals surface area contributed by atoms with Crippen molar-refractivity contribution in [2.24, 2.45) is 0 Å². The Morgan fingerprint density at radius 3 is 2.57 bits per heavy atom. The monoisotopic (exact) mass is 410 g/mol. The van der Waals surface area contributed by atoms with Crippen LogP contribution < -0.4 is 14.9 Å². The molecule has 0 fully saturated rings. The Balaban J connectivity index is 1.81. The van der Waals surface area contributed by atoms with E-state index < -0.39 is 12.1 Å². The molecular formula is C24H26O6. The fourth-order valence-electron chi connectivity index (χ4n) is 2.88. The number of carbonyl (C=O) groups excluding carboxylic acids is 1. The molecule has 0 aliphatic heterocycles. The predicted octanol–water partition coefficient (Wildman–Crippen LogP) is 5.26. The standard InChI is InChI=1S/C24H26O6/c1-5-15(3)28-24(26)16(4)29-18-11-12-19-21(13-18)27-14-22(23(19)25)30-20-10-8-7-9-17(20)6-2/h7-16H,5-6H2,1-4H3/t15-,16-/m0/s1. The van der Waals surface area contributed by atoms with E-state index >= 15 is 0 Å². The molecule has 3 aromatic rings. The fourth-order valence-corrected chi connectivity index (χ4v) is 2.88. The zero-order valence-electron chi connectivity index (χ0n) is 17.6. The molecule has 0 radical (unpaired) electrons. The predicted molar refractivity (Wildman–Crippen MR) is 114 cm³/mol. The van der Waals surface area contributed by atoms with Gasteiger partial charge in [-0.1, -0.05) is 32.0 Å². The second-order valence-corrected chi connectivity index (χ2v) is 7.07. The molecule has 1 aromatic heterocycles. The molecule has 0 saturated carbocycles. The first-order valence-electron chi connectivity index (χ1n) is 10.1. The molecule has 0 N–H and O–H groups in total. The van der Waals surface area contributed by atoms with E-state index in [2.05, 4.69) is 0 Å². The first-order valence-corrected chi connectivity index (χ1v) is 10.1. The van der Waals surface area contributed by atoms with Crippen molar-refractivity contribution in [2.45, 2.75) is 52.7 Å². The summed E-state index contributed by atoms with van der Waals surface area (Å²) in [7, 11) is 0. The third kappa shape index (κ3) is 4.82. The van der Waals surface area contributed by atoms with E-state index in [0.717, 1.165) is 18.4 Å². The minimum atomic E-state index is -0.781. The maximum Gasteiger partial charge on any atom is 0.347 e. The number of benzene rings is 2. The number of hydrogen-bond donors (Lipinski definition) is 0.